The first-order chi connectivity index (χ1) is 6.81. The maximum Gasteiger partial charge on any atom is 0.279 e. The highest BCUT2D eigenvalue weighted by Crippen LogP contribution is 2.04. The van der Waals surface area contributed by atoms with Crippen LogP contribution in [0.25, 0.3) is 0 Å². The van der Waals surface area contributed by atoms with Gasteiger partial charge in [-0.25, -0.2) is 0 Å². The Labute approximate surface area is 92.3 Å². The van der Waals surface area contributed by atoms with Crippen LogP contribution >= 0.6 is 0 Å². The molecule has 0 saturated heterocycles. The van der Waals surface area contributed by atoms with Crippen LogP contribution in [0.2, 0.25) is 0 Å². The van der Waals surface area contributed by atoms with Gasteiger partial charge in [0.05, 0.1) is 6.07 Å². The summed E-state index contributed by atoms with van der Waals surface area (Å²) in [6.45, 7) is 5.93. The Balaban J connectivity index is 4.36. The van der Waals surface area contributed by atoms with Crippen molar-refractivity contribution in [2.75, 3.05) is 13.6 Å². The highest BCUT2D eigenvalue weighted by atomic mass is 32.2. The van der Waals surface area contributed by atoms with Crippen molar-refractivity contribution in [3.8, 4) is 6.07 Å². The fourth-order valence-corrected chi connectivity index (χ4v) is 2.04. The maximum absolute atomic E-state index is 11.7. The minimum Gasteiger partial charge on any atom is -0.199 e. The quantitative estimate of drug-likeness (QED) is 0.734. The molecule has 0 rings (SSSR count). The third-order valence-electron chi connectivity index (χ3n) is 2.28. The van der Waals surface area contributed by atoms with Crippen molar-refractivity contribution in [3.05, 3.63) is 0 Å². The molecule has 0 amide bonds. The lowest BCUT2D eigenvalue weighted by Crippen LogP contribution is -2.44. The first kappa shape index (κ1) is 14.4. The Morgan fingerprint density at radius 1 is 1.40 bits per heavy atom. The van der Waals surface area contributed by atoms with Gasteiger partial charge in [0, 0.05) is 26.1 Å². The van der Waals surface area contributed by atoms with Crippen LogP contribution in [0.15, 0.2) is 0 Å². The van der Waals surface area contributed by atoms with E-state index < -0.39 is 10.2 Å². The van der Waals surface area contributed by atoms with E-state index in [0.717, 1.165) is 4.31 Å². The standard InChI is InChI=1S/C9H19N3O2S/c1-8(2)9(3)11-15(13,14)12(4)7-5-6-10/h8-9,11H,5,7H2,1-4H3. The molecule has 5 nitrogen and oxygen atoms in total. The Kier molecular flexibility index (Phi) is 5.80. The average molecular weight is 233 g/mol. The van der Waals surface area contributed by atoms with Crippen molar-refractivity contribution < 1.29 is 8.42 Å². The van der Waals surface area contributed by atoms with Gasteiger partial charge in [0.25, 0.3) is 10.2 Å². The smallest absolute Gasteiger partial charge is 0.199 e. The summed E-state index contributed by atoms with van der Waals surface area (Å²) in [6, 6.07) is 1.80. The summed E-state index contributed by atoms with van der Waals surface area (Å²) in [7, 11) is -1.98. The van der Waals surface area contributed by atoms with Crippen molar-refractivity contribution in [1.29, 1.82) is 5.26 Å². The van der Waals surface area contributed by atoms with Crippen molar-refractivity contribution >= 4 is 10.2 Å². The Bertz CT molecular complexity index is 319. The van der Waals surface area contributed by atoms with Gasteiger partial charge in [-0.1, -0.05) is 13.8 Å². The molecular formula is C9H19N3O2S. The largest absolute Gasteiger partial charge is 0.279 e. The molecular weight excluding hydrogens is 214 g/mol. The van der Waals surface area contributed by atoms with Crippen LogP contribution in [0.3, 0.4) is 0 Å². The lowest BCUT2D eigenvalue weighted by Gasteiger charge is -2.22. The van der Waals surface area contributed by atoms with E-state index in [9.17, 15) is 8.42 Å². The Morgan fingerprint density at radius 2 is 1.93 bits per heavy atom. The van der Waals surface area contributed by atoms with Crippen molar-refractivity contribution in [2.45, 2.75) is 33.2 Å². The molecule has 1 atom stereocenters. The Hall–Kier alpha value is -0.640. The van der Waals surface area contributed by atoms with E-state index in [4.69, 9.17) is 5.26 Å². The molecule has 0 bridgehead atoms. The van der Waals surface area contributed by atoms with Gasteiger partial charge in [0.1, 0.15) is 0 Å². The van der Waals surface area contributed by atoms with Gasteiger partial charge >= 0.3 is 0 Å². The zero-order chi connectivity index (χ0) is 12.1. The van der Waals surface area contributed by atoms with Crippen LogP contribution in [-0.2, 0) is 10.2 Å². The SMILES string of the molecule is CC(C)C(C)NS(=O)(=O)N(C)CCC#N. The number of nitriles is 1. The number of rotatable bonds is 6. The maximum atomic E-state index is 11.7. The highest BCUT2D eigenvalue weighted by Gasteiger charge is 2.20. The molecule has 0 aliphatic heterocycles. The first-order valence-electron chi connectivity index (χ1n) is 4.91. The summed E-state index contributed by atoms with van der Waals surface area (Å²) < 4.78 is 27.0. The third kappa shape index (κ3) is 5.11. The van der Waals surface area contributed by atoms with Crippen LogP contribution < -0.4 is 4.72 Å². The molecule has 6 heteroatoms. The molecule has 88 valence electrons. The molecule has 15 heavy (non-hydrogen) atoms. The van der Waals surface area contributed by atoms with E-state index in [0.29, 0.717) is 0 Å². The number of hydrogen-bond donors (Lipinski definition) is 1. The van der Waals surface area contributed by atoms with E-state index in [1.807, 2.05) is 26.8 Å². The zero-order valence-corrected chi connectivity index (χ0v) is 10.5. The molecule has 1 N–H and O–H groups in total. The fraction of sp³-hybridized carbons (Fsp3) is 0.889. The van der Waals surface area contributed by atoms with Gasteiger partial charge < -0.3 is 0 Å². The van der Waals surface area contributed by atoms with E-state index in [1.54, 1.807) is 0 Å². The second-order valence-corrected chi connectivity index (χ2v) is 5.69. The summed E-state index contributed by atoms with van der Waals surface area (Å²) in [5.41, 5.74) is 0. The van der Waals surface area contributed by atoms with Gasteiger partial charge in [-0.2, -0.15) is 22.7 Å². The number of nitrogens with one attached hydrogen (secondary N) is 1. The molecule has 0 saturated carbocycles. The lowest BCUT2D eigenvalue weighted by molar-refractivity contribution is 0.427. The van der Waals surface area contributed by atoms with Crippen LogP contribution in [0.1, 0.15) is 27.2 Å². The summed E-state index contributed by atoms with van der Waals surface area (Å²) in [6.07, 6.45) is 0.202. The molecule has 0 aromatic carbocycles. The molecule has 1 unspecified atom stereocenters. The van der Waals surface area contributed by atoms with Crippen LogP contribution in [0.5, 0.6) is 0 Å². The normalized spacial score (nSPS) is 14.2. The van der Waals surface area contributed by atoms with Crippen molar-refractivity contribution in [1.82, 2.24) is 9.03 Å². The Morgan fingerprint density at radius 3 is 2.33 bits per heavy atom. The summed E-state index contributed by atoms with van der Waals surface area (Å²) in [5, 5.41) is 8.36. The third-order valence-corrected chi connectivity index (χ3v) is 3.96. The molecule has 0 aliphatic carbocycles. The topological polar surface area (TPSA) is 73.2 Å². The summed E-state index contributed by atoms with van der Waals surface area (Å²) in [4.78, 5) is 0. The second kappa shape index (κ2) is 6.05. The zero-order valence-electron chi connectivity index (χ0n) is 9.69. The van der Waals surface area contributed by atoms with Gasteiger partial charge in [0.15, 0.2) is 0 Å². The monoisotopic (exact) mass is 233 g/mol. The minimum absolute atomic E-state index is 0.112. The first-order valence-corrected chi connectivity index (χ1v) is 6.35. The molecule has 0 radical (unpaired) electrons. The molecule has 0 aromatic rings. The van der Waals surface area contributed by atoms with Crippen LogP contribution in [0, 0.1) is 17.2 Å². The average Bonchev–Trinajstić information content (AvgIpc) is 2.13. The van der Waals surface area contributed by atoms with Crippen LogP contribution in [-0.4, -0.2) is 32.4 Å². The summed E-state index contributed by atoms with van der Waals surface area (Å²) >= 11 is 0. The van der Waals surface area contributed by atoms with E-state index in [-0.39, 0.29) is 24.9 Å². The predicted molar refractivity (Wildman–Crippen MR) is 59.2 cm³/mol. The van der Waals surface area contributed by atoms with Gasteiger partial charge in [-0.05, 0) is 12.8 Å². The molecule has 0 fully saturated rings. The van der Waals surface area contributed by atoms with Crippen molar-refractivity contribution in [3.63, 3.8) is 0 Å². The predicted octanol–water partition coefficient (Wildman–Crippen LogP) is 0.711. The highest BCUT2D eigenvalue weighted by molar-refractivity contribution is 7.87. The van der Waals surface area contributed by atoms with Gasteiger partial charge in [-0.15, -0.1) is 0 Å². The lowest BCUT2D eigenvalue weighted by atomic mass is 10.1. The van der Waals surface area contributed by atoms with E-state index >= 15 is 0 Å². The van der Waals surface area contributed by atoms with Crippen molar-refractivity contribution in [2.24, 2.45) is 5.92 Å². The second-order valence-electron chi connectivity index (χ2n) is 3.89. The van der Waals surface area contributed by atoms with Gasteiger partial charge in [-0.3, -0.25) is 0 Å². The minimum atomic E-state index is -3.44. The van der Waals surface area contributed by atoms with Gasteiger partial charge in [0.2, 0.25) is 0 Å². The number of hydrogen-bond acceptors (Lipinski definition) is 3. The molecule has 0 spiro atoms. The van der Waals surface area contributed by atoms with E-state index in [1.165, 1.54) is 7.05 Å². The van der Waals surface area contributed by atoms with Crippen LogP contribution in [0.4, 0.5) is 0 Å². The number of nitrogens with zero attached hydrogens (tertiary/aromatic N) is 2. The molecule has 0 aromatic heterocycles. The summed E-state index contributed by atoms with van der Waals surface area (Å²) in [5.74, 6) is 0.240. The fourth-order valence-electron chi connectivity index (χ4n) is 0.789. The molecule has 0 heterocycles. The van der Waals surface area contributed by atoms with E-state index in [2.05, 4.69) is 4.72 Å². The molecule has 0 aliphatic rings.